The highest BCUT2D eigenvalue weighted by atomic mass is 32.2. The molecule has 18 heavy (non-hydrogen) atoms. The third kappa shape index (κ3) is 3.53. The van der Waals surface area contributed by atoms with Gasteiger partial charge >= 0.3 is 0 Å². The van der Waals surface area contributed by atoms with Crippen LogP contribution in [0, 0.1) is 11.7 Å². The van der Waals surface area contributed by atoms with Crippen molar-refractivity contribution >= 4 is 21.4 Å². The van der Waals surface area contributed by atoms with Crippen molar-refractivity contribution in [3.63, 3.8) is 0 Å². The van der Waals surface area contributed by atoms with Crippen molar-refractivity contribution in [3.05, 3.63) is 30.1 Å². The first kappa shape index (κ1) is 13.0. The van der Waals surface area contributed by atoms with Gasteiger partial charge in [-0.15, -0.1) is 0 Å². The summed E-state index contributed by atoms with van der Waals surface area (Å²) in [5.41, 5.74) is 0.516. The maximum atomic E-state index is 12.7. The summed E-state index contributed by atoms with van der Waals surface area (Å²) in [5, 5.41) is 2.62. The van der Waals surface area contributed by atoms with Crippen molar-refractivity contribution in [2.45, 2.75) is 12.8 Å². The average Bonchev–Trinajstić information content (AvgIpc) is 2.61. The molecule has 1 aliphatic heterocycles. The Labute approximate surface area is 105 Å². The van der Waals surface area contributed by atoms with Crippen molar-refractivity contribution in [1.29, 1.82) is 0 Å². The number of sulfone groups is 1. The first-order valence-electron chi connectivity index (χ1n) is 5.70. The summed E-state index contributed by atoms with van der Waals surface area (Å²) in [4.78, 5) is 11.7. The van der Waals surface area contributed by atoms with Crippen molar-refractivity contribution in [3.8, 4) is 0 Å². The highest BCUT2D eigenvalue weighted by Gasteiger charge is 2.29. The van der Waals surface area contributed by atoms with Crippen LogP contribution in [0.5, 0.6) is 0 Å². The molecular formula is C12H14FNO3S. The van der Waals surface area contributed by atoms with Gasteiger partial charge in [-0.25, -0.2) is 12.8 Å². The second kappa shape index (κ2) is 5.06. The second-order valence-electron chi connectivity index (χ2n) is 4.53. The Bertz CT molecular complexity index is 539. The Kier molecular flexibility index (Phi) is 3.65. The van der Waals surface area contributed by atoms with E-state index < -0.39 is 9.84 Å². The fraction of sp³-hybridized carbons (Fsp3) is 0.417. The molecule has 1 unspecified atom stereocenters. The van der Waals surface area contributed by atoms with Gasteiger partial charge in [0.2, 0.25) is 5.91 Å². The van der Waals surface area contributed by atoms with Crippen LogP contribution in [0.1, 0.15) is 12.8 Å². The normalized spacial score (nSPS) is 21.7. The highest BCUT2D eigenvalue weighted by molar-refractivity contribution is 7.91. The zero-order valence-corrected chi connectivity index (χ0v) is 10.5. The topological polar surface area (TPSA) is 63.2 Å². The molecule has 1 saturated heterocycles. The minimum absolute atomic E-state index is 0.0871. The van der Waals surface area contributed by atoms with E-state index in [1.165, 1.54) is 24.3 Å². The molecule has 0 aromatic heterocycles. The first-order chi connectivity index (χ1) is 8.44. The van der Waals surface area contributed by atoms with Crippen LogP contribution in [-0.4, -0.2) is 25.8 Å². The number of halogens is 1. The molecule has 1 aliphatic rings. The lowest BCUT2D eigenvalue weighted by atomic mass is 10.1. The standard InChI is InChI=1S/C12H14FNO3S/c13-10-1-3-11(4-2-10)14-12(15)7-9-5-6-18(16,17)8-9/h1-4,9H,5-8H2,(H,14,15). The monoisotopic (exact) mass is 271 g/mol. The molecular weight excluding hydrogens is 257 g/mol. The highest BCUT2D eigenvalue weighted by Crippen LogP contribution is 2.22. The quantitative estimate of drug-likeness (QED) is 0.908. The van der Waals surface area contributed by atoms with Crippen molar-refractivity contribution in [1.82, 2.24) is 0 Å². The minimum atomic E-state index is -2.95. The Morgan fingerprint density at radius 2 is 2.00 bits per heavy atom. The zero-order valence-electron chi connectivity index (χ0n) is 9.73. The van der Waals surface area contributed by atoms with Crippen molar-refractivity contribution in [2.75, 3.05) is 16.8 Å². The third-order valence-corrected chi connectivity index (χ3v) is 4.77. The molecule has 2 rings (SSSR count). The van der Waals surface area contributed by atoms with Gasteiger partial charge in [-0.05, 0) is 36.6 Å². The predicted molar refractivity (Wildman–Crippen MR) is 66.4 cm³/mol. The Morgan fingerprint density at radius 3 is 2.56 bits per heavy atom. The van der Waals surface area contributed by atoms with Crippen LogP contribution < -0.4 is 5.32 Å². The molecule has 6 heteroatoms. The number of rotatable bonds is 3. The van der Waals surface area contributed by atoms with Gasteiger partial charge in [-0.1, -0.05) is 0 Å². The smallest absolute Gasteiger partial charge is 0.224 e. The molecule has 0 aliphatic carbocycles. The molecule has 98 valence electrons. The van der Waals surface area contributed by atoms with E-state index in [0.717, 1.165) is 0 Å². The molecule has 1 aromatic carbocycles. The number of nitrogens with one attached hydrogen (secondary N) is 1. The number of amides is 1. The fourth-order valence-electron chi connectivity index (χ4n) is 2.04. The summed E-state index contributed by atoms with van der Waals surface area (Å²) < 4.78 is 35.1. The number of hydrogen-bond acceptors (Lipinski definition) is 3. The largest absolute Gasteiger partial charge is 0.326 e. The minimum Gasteiger partial charge on any atom is -0.326 e. The van der Waals surface area contributed by atoms with Gasteiger partial charge in [-0.3, -0.25) is 4.79 Å². The molecule has 1 heterocycles. The lowest BCUT2D eigenvalue weighted by Crippen LogP contribution is -2.17. The van der Waals surface area contributed by atoms with Gasteiger partial charge in [0.15, 0.2) is 9.84 Å². The number of anilines is 1. The van der Waals surface area contributed by atoms with Crippen LogP contribution in [-0.2, 0) is 14.6 Å². The van der Waals surface area contributed by atoms with Crippen LogP contribution in [0.2, 0.25) is 0 Å². The third-order valence-electron chi connectivity index (χ3n) is 2.93. The van der Waals surface area contributed by atoms with Crippen LogP contribution in [0.4, 0.5) is 10.1 Å². The lowest BCUT2D eigenvalue weighted by Gasteiger charge is -2.08. The molecule has 1 aromatic rings. The maximum Gasteiger partial charge on any atom is 0.224 e. The van der Waals surface area contributed by atoms with E-state index in [-0.39, 0.29) is 35.6 Å². The van der Waals surface area contributed by atoms with Crippen LogP contribution in [0.25, 0.3) is 0 Å². The number of carbonyl (C=O) groups excluding carboxylic acids is 1. The SMILES string of the molecule is O=C(CC1CCS(=O)(=O)C1)Nc1ccc(F)cc1. The van der Waals surface area contributed by atoms with Gasteiger partial charge < -0.3 is 5.32 Å². The molecule has 1 amide bonds. The Morgan fingerprint density at radius 1 is 1.33 bits per heavy atom. The molecule has 4 nitrogen and oxygen atoms in total. The number of carbonyl (C=O) groups is 1. The van der Waals surface area contributed by atoms with Crippen molar-refractivity contribution in [2.24, 2.45) is 5.92 Å². The van der Waals surface area contributed by atoms with E-state index in [2.05, 4.69) is 5.32 Å². The van der Waals surface area contributed by atoms with Crippen LogP contribution >= 0.6 is 0 Å². The summed E-state index contributed by atoms with van der Waals surface area (Å²) >= 11 is 0. The predicted octanol–water partition coefficient (Wildman–Crippen LogP) is 1.59. The molecule has 1 fully saturated rings. The number of hydrogen-bond donors (Lipinski definition) is 1. The molecule has 0 saturated carbocycles. The Hall–Kier alpha value is -1.43. The average molecular weight is 271 g/mol. The van der Waals surface area contributed by atoms with Crippen molar-refractivity contribution < 1.29 is 17.6 Å². The summed E-state index contributed by atoms with van der Waals surface area (Å²) in [6.45, 7) is 0. The van der Waals surface area contributed by atoms with Gasteiger partial charge in [0.25, 0.3) is 0 Å². The van der Waals surface area contributed by atoms with E-state index in [1.54, 1.807) is 0 Å². The second-order valence-corrected chi connectivity index (χ2v) is 6.76. The molecule has 0 radical (unpaired) electrons. The summed E-state index contributed by atoms with van der Waals surface area (Å²) in [6.07, 6.45) is 0.732. The summed E-state index contributed by atoms with van der Waals surface area (Å²) in [5.74, 6) is -0.445. The Balaban J connectivity index is 1.88. The van der Waals surface area contributed by atoms with Gasteiger partial charge in [-0.2, -0.15) is 0 Å². The van der Waals surface area contributed by atoms with E-state index in [0.29, 0.717) is 12.1 Å². The maximum absolute atomic E-state index is 12.7. The molecule has 1 atom stereocenters. The van der Waals surface area contributed by atoms with E-state index in [1.807, 2.05) is 0 Å². The lowest BCUT2D eigenvalue weighted by molar-refractivity contribution is -0.116. The number of benzene rings is 1. The van der Waals surface area contributed by atoms with Gasteiger partial charge in [0.1, 0.15) is 5.82 Å². The molecule has 0 bridgehead atoms. The molecule has 1 N–H and O–H groups in total. The van der Waals surface area contributed by atoms with Crippen LogP contribution in [0.3, 0.4) is 0 Å². The van der Waals surface area contributed by atoms with Gasteiger partial charge in [0.05, 0.1) is 11.5 Å². The van der Waals surface area contributed by atoms with E-state index in [9.17, 15) is 17.6 Å². The zero-order chi connectivity index (χ0) is 13.2. The van der Waals surface area contributed by atoms with Gasteiger partial charge in [0, 0.05) is 12.1 Å². The van der Waals surface area contributed by atoms with E-state index >= 15 is 0 Å². The van der Waals surface area contributed by atoms with Crippen LogP contribution in [0.15, 0.2) is 24.3 Å². The fourth-order valence-corrected chi connectivity index (χ4v) is 3.90. The first-order valence-corrected chi connectivity index (χ1v) is 7.52. The van der Waals surface area contributed by atoms with E-state index in [4.69, 9.17) is 0 Å². The molecule has 0 spiro atoms. The summed E-state index contributed by atoms with van der Waals surface area (Å²) in [7, 11) is -2.95. The summed E-state index contributed by atoms with van der Waals surface area (Å²) in [6, 6.07) is 5.46.